The maximum absolute atomic E-state index is 9.52. The lowest BCUT2D eigenvalue weighted by atomic mass is 9.87. The molecule has 1 aliphatic heterocycles. The Bertz CT molecular complexity index is 631. The SMILES string of the molecule is CN1CC(C)(C)c2cc(N)c(O)cc21.Cn1ccnc1N. The number of phenols is 1. The van der Waals surface area contributed by atoms with Crippen LogP contribution in [0.1, 0.15) is 19.4 Å². The number of aryl methyl sites for hydroxylation is 1. The Kier molecular flexibility index (Phi) is 3.72. The Morgan fingerprint density at radius 1 is 1.24 bits per heavy atom. The average molecular weight is 289 g/mol. The van der Waals surface area contributed by atoms with Crippen molar-refractivity contribution in [3.63, 3.8) is 0 Å². The van der Waals surface area contributed by atoms with Crippen LogP contribution in [0.2, 0.25) is 0 Å². The molecule has 21 heavy (non-hydrogen) atoms. The van der Waals surface area contributed by atoms with Gasteiger partial charge in [-0.05, 0) is 11.6 Å². The van der Waals surface area contributed by atoms with Crippen molar-refractivity contribution in [1.29, 1.82) is 0 Å². The van der Waals surface area contributed by atoms with Gasteiger partial charge in [0.2, 0.25) is 0 Å². The first-order valence-corrected chi connectivity index (χ1v) is 6.79. The zero-order chi connectivity index (χ0) is 15.8. The second kappa shape index (κ2) is 5.20. The summed E-state index contributed by atoms with van der Waals surface area (Å²) in [7, 11) is 3.88. The predicted octanol–water partition coefficient (Wildman–Crippen LogP) is 1.70. The summed E-state index contributed by atoms with van der Waals surface area (Å²) in [4.78, 5) is 5.90. The van der Waals surface area contributed by atoms with E-state index < -0.39 is 0 Å². The van der Waals surface area contributed by atoms with Crippen molar-refractivity contribution in [2.75, 3.05) is 30.0 Å². The number of hydrogen-bond donors (Lipinski definition) is 3. The summed E-state index contributed by atoms with van der Waals surface area (Å²) in [6, 6.07) is 3.63. The summed E-state index contributed by atoms with van der Waals surface area (Å²) >= 11 is 0. The third-order valence-corrected chi connectivity index (χ3v) is 3.78. The largest absolute Gasteiger partial charge is 0.506 e. The Morgan fingerprint density at radius 3 is 2.38 bits per heavy atom. The van der Waals surface area contributed by atoms with Crippen LogP contribution in [0.25, 0.3) is 0 Å². The molecule has 3 rings (SSSR count). The van der Waals surface area contributed by atoms with Crippen LogP contribution < -0.4 is 16.4 Å². The number of imidazole rings is 1. The second-order valence-electron chi connectivity index (χ2n) is 6.06. The van der Waals surface area contributed by atoms with Crippen molar-refractivity contribution in [3.05, 3.63) is 30.1 Å². The standard InChI is InChI=1S/C11H16N2O.C4H7N3/c1-11(2)6-13(3)9-5-10(14)8(12)4-7(9)11;1-7-3-2-6-4(7)5/h4-5,14H,6,12H2,1-3H3;2-3H,1H3,(H2,5,6). The number of aromatic hydroxyl groups is 1. The fourth-order valence-electron chi connectivity index (χ4n) is 2.59. The predicted molar refractivity (Wildman–Crippen MR) is 86.4 cm³/mol. The topological polar surface area (TPSA) is 93.3 Å². The molecule has 0 aliphatic carbocycles. The van der Waals surface area contributed by atoms with E-state index >= 15 is 0 Å². The second-order valence-corrected chi connectivity index (χ2v) is 6.06. The molecule has 114 valence electrons. The lowest BCUT2D eigenvalue weighted by Gasteiger charge is -2.18. The number of anilines is 3. The molecule has 0 amide bonds. The van der Waals surface area contributed by atoms with Crippen molar-refractivity contribution in [3.8, 4) is 5.75 Å². The van der Waals surface area contributed by atoms with Gasteiger partial charge in [-0.25, -0.2) is 4.98 Å². The van der Waals surface area contributed by atoms with Gasteiger partial charge in [0.1, 0.15) is 5.75 Å². The van der Waals surface area contributed by atoms with Crippen molar-refractivity contribution in [2.24, 2.45) is 7.05 Å². The van der Waals surface area contributed by atoms with Crippen LogP contribution in [-0.4, -0.2) is 28.3 Å². The highest BCUT2D eigenvalue weighted by molar-refractivity contribution is 5.71. The molecular formula is C15H23N5O. The molecule has 0 bridgehead atoms. The van der Waals surface area contributed by atoms with Crippen LogP contribution >= 0.6 is 0 Å². The molecule has 1 aromatic carbocycles. The van der Waals surface area contributed by atoms with E-state index in [9.17, 15) is 5.11 Å². The fourth-order valence-corrected chi connectivity index (χ4v) is 2.59. The molecule has 5 N–H and O–H groups in total. The molecule has 6 heteroatoms. The van der Waals surface area contributed by atoms with Crippen molar-refractivity contribution < 1.29 is 5.11 Å². The molecule has 2 aromatic rings. The number of rotatable bonds is 0. The number of nitrogen functional groups attached to an aromatic ring is 2. The molecule has 0 fully saturated rings. The number of likely N-dealkylation sites (N-methyl/N-ethyl adjacent to an activating group) is 1. The molecule has 0 radical (unpaired) electrons. The van der Waals surface area contributed by atoms with Crippen LogP contribution in [-0.2, 0) is 12.5 Å². The van der Waals surface area contributed by atoms with E-state index in [0.717, 1.165) is 12.2 Å². The number of phenolic OH excluding ortho intramolecular Hbond substituents is 1. The molecule has 0 saturated heterocycles. The Labute approximate surface area is 125 Å². The maximum atomic E-state index is 9.52. The van der Waals surface area contributed by atoms with Gasteiger partial charge >= 0.3 is 0 Å². The zero-order valence-electron chi connectivity index (χ0n) is 13.0. The molecule has 0 unspecified atom stereocenters. The number of nitrogens with two attached hydrogens (primary N) is 2. The van der Waals surface area contributed by atoms with E-state index in [1.807, 2.05) is 20.2 Å². The number of benzene rings is 1. The van der Waals surface area contributed by atoms with Gasteiger partial charge in [0.05, 0.1) is 5.69 Å². The van der Waals surface area contributed by atoms with Crippen molar-refractivity contribution >= 4 is 17.3 Å². The first kappa shape index (κ1) is 15.0. The number of nitrogens with zero attached hydrogens (tertiary/aromatic N) is 3. The van der Waals surface area contributed by atoms with Crippen LogP contribution in [0.15, 0.2) is 24.5 Å². The Morgan fingerprint density at radius 2 is 1.90 bits per heavy atom. The number of fused-ring (bicyclic) bond motifs is 1. The number of aromatic nitrogens is 2. The smallest absolute Gasteiger partial charge is 0.199 e. The summed E-state index contributed by atoms with van der Waals surface area (Å²) in [6.45, 7) is 5.34. The monoisotopic (exact) mass is 289 g/mol. The highest BCUT2D eigenvalue weighted by Gasteiger charge is 2.33. The first-order valence-electron chi connectivity index (χ1n) is 6.79. The summed E-state index contributed by atoms with van der Waals surface area (Å²) < 4.78 is 1.75. The van der Waals surface area contributed by atoms with Crippen molar-refractivity contribution in [1.82, 2.24) is 9.55 Å². The van der Waals surface area contributed by atoms with Gasteiger partial charge in [-0.1, -0.05) is 13.8 Å². The molecule has 6 nitrogen and oxygen atoms in total. The average Bonchev–Trinajstić information content (AvgIpc) is 2.85. The Balaban J connectivity index is 0.000000194. The molecule has 2 heterocycles. The van der Waals surface area contributed by atoms with E-state index in [0.29, 0.717) is 11.6 Å². The molecular weight excluding hydrogens is 266 g/mol. The van der Waals surface area contributed by atoms with Gasteiger partial charge in [0.15, 0.2) is 5.95 Å². The van der Waals surface area contributed by atoms with E-state index in [1.54, 1.807) is 23.0 Å². The van der Waals surface area contributed by atoms with E-state index in [-0.39, 0.29) is 11.2 Å². The van der Waals surface area contributed by atoms with E-state index in [2.05, 4.69) is 23.7 Å². The third-order valence-electron chi connectivity index (χ3n) is 3.78. The third kappa shape index (κ3) is 2.89. The van der Waals surface area contributed by atoms with Gasteiger partial charge in [0.25, 0.3) is 0 Å². The Hall–Kier alpha value is -2.37. The molecule has 1 aliphatic rings. The minimum absolute atomic E-state index is 0.117. The molecule has 1 aromatic heterocycles. The quantitative estimate of drug-likeness (QED) is 0.507. The van der Waals surface area contributed by atoms with Crippen LogP contribution in [0.3, 0.4) is 0 Å². The lowest BCUT2D eigenvalue weighted by Crippen LogP contribution is -2.24. The van der Waals surface area contributed by atoms with E-state index in [1.165, 1.54) is 5.56 Å². The molecule has 0 saturated carbocycles. The van der Waals surface area contributed by atoms with Gasteiger partial charge in [0, 0.05) is 50.2 Å². The molecule has 0 atom stereocenters. The van der Waals surface area contributed by atoms with Gasteiger partial charge in [-0.15, -0.1) is 0 Å². The first-order chi connectivity index (χ1) is 9.72. The summed E-state index contributed by atoms with van der Waals surface area (Å²) in [5, 5.41) is 9.52. The molecule has 0 spiro atoms. The summed E-state index contributed by atoms with van der Waals surface area (Å²) in [5.74, 6) is 0.730. The zero-order valence-corrected chi connectivity index (χ0v) is 13.0. The highest BCUT2D eigenvalue weighted by atomic mass is 16.3. The van der Waals surface area contributed by atoms with Crippen molar-refractivity contribution in [2.45, 2.75) is 19.3 Å². The van der Waals surface area contributed by atoms with Crippen LogP contribution in [0.4, 0.5) is 17.3 Å². The lowest BCUT2D eigenvalue weighted by molar-refractivity contribution is 0.478. The van der Waals surface area contributed by atoms with Crippen LogP contribution in [0.5, 0.6) is 5.75 Å². The highest BCUT2D eigenvalue weighted by Crippen LogP contribution is 2.43. The summed E-state index contributed by atoms with van der Waals surface area (Å²) in [5.41, 5.74) is 13.9. The van der Waals surface area contributed by atoms with E-state index in [4.69, 9.17) is 11.5 Å². The van der Waals surface area contributed by atoms with Gasteiger partial charge < -0.3 is 26.0 Å². The maximum Gasteiger partial charge on any atom is 0.199 e. The van der Waals surface area contributed by atoms with Gasteiger partial charge in [-0.2, -0.15) is 0 Å². The number of hydrogen-bond acceptors (Lipinski definition) is 5. The minimum Gasteiger partial charge on any atom is -0.506 e. The fraction of sp³-hybridized carbons (Fsp3) is 0.400. The summed E-state index contributed by atoms with van der Waals surface area (Å²) in [6.07, 6.45) is 3.46. The normalized spacial score (nSPS) is 15.3. The van der Waals surface area contributed by atoms with Crippen LogP contribution in [0, 0.1) is 0 Å². The minimum atomic E-state index is 0.117. The van der Waals surface area contributed by atoms with Gasteiger partial charge in [-0.3, -0.25) is 0 Å².